The molecule has 2 fully saturated rings. The predicted molar refractivity (Wildman–Crippen MR) is 104 cm³/mol. The molecule has 0 aliphatic carbocycles. The molecular weight excluding hydrogens is 392 g/mol. The van der Waals surface area contributed by atoms with Crippen LogP contribution in [0, 0.1) is 0 Å². The van der Waals surface area contributed by atoms with Gasteiger partial charge in [-0.25, -0.2) is 4.79 Å². The summed E-state index contributed by atoms with van der Waals surface area (Å²) in [5.74, 6) is -2.09. The van der Waals surface area contributed by atoms with Crippen LogP contribution >= 0.6 is 0 Å². The van der Waals surface area contributed by atoms with E-state index in [1.54, 1.807) is 18.2 Å². The number of nitrogens with one attached hydrogen (secondary N) is 2. The maximum absolute atomic E-state index is 13.2. The Hall–Kier alpha value is -3.43. The molecule has 1 atom stereocenters. The van der Waals surface area contributed by atoms with Crippen LogP contribution in [0.25, 0.3) is 0 Å². The number of benzene rings is 1. The van der Waals surface area contributed by atoms with E-state index in [1.807, 2.05) is 4.90 Å². The average molecular weight is 414 g/mol. The lowest BCUT2D eigenvalue weighted by Crippen LogP contribution is -2.54. The van der Waals surface area contributed by atoms with E-state index in [1.165, 1.54) is 7.05 Å². The molecule has 3 heterocycles. The highest BCUT2D eigenvalue weighted by atomic mass is 16.6. The van der Waals surface area contributed by atoms with Gasteiger partial charge >= 0.3 is 6.09 Å². The van der Waals surface area contributed by atoms with Gasteiger partial charge < -0.3 is 15.0 Å². The zero-order valence-corrected chi connectivity index (χ0v) is 16.5. The maximum atomic E-state index is 13.2. The van der Waals surface area contributed by atoms with Gasteiger partial charge in [0.1, 0.15) is 12.1 Å². The van der Waals surface area contributed by atoms with Crippen LogP contribution < -0.4 is 15.5 Å². The largest absolute Gasteiger partial charge is 0.446 e. The number of hydrogen-bond acceptors (Lipinski definition) is 7. The number of amides is 5. The standard InChI is InChI=1S/C20H22N4O6/c1-21-20(29)30-11-7-9-23(10-8-11)13-4-2-3-12-16(13)19(28)24(18(12)27)14-5-6-15(25)22-17(14)26/h2-4,11,14H,5-10H2,1H3,(H,21,29)(H,22,25,26). The molecule has 5 amide bonds. The number of rotatable bonds is 3. The van der Waals surface area contributed by atoms with Gasteiger partial charge in [-0.2, -0.15) is 0 Å². The molecule has 1 unspecified atom stereocenters. The molecular formula is C20H22N4O6. The smallest absolute Gasteiger partial charge is 0.407 e. The maximum Gasteiger partial charge on any atom is 0.407 e. The number of hydrogen-bond donors (Lipinski definition) is 2. The molecule has 158 valence electrons. The molecule has 0 radical (unpaired) electrons. The number of ether oxygens (including phenoxy) is 1. The third-order valence-corrected chi connectivity index (χ3v) is 5.71. The van der Waals surface area contributed by atoms with Crippen LogP contribution in [0.3, 0.4) is 0 Å². The second-order valence-corrected chi connectivity index (χ2v) is 7.49. The van der Waals surface area contributed by atoms with E-state index in [2.05, 4.69) is 10.6 Å². The zero-order chi connectivity index (χ0) is 21.4. The van der Waals surface area contributed by atoms with Gasteiger partial charge in [-0.3, -0.25) is 29.4 Å². The van der Waals surface area contributed by atoms with Crippen LogP contribution in [0.1, 0.15) is 46.4 Å². The van der Waals surface area contributed by atoms with Crippen molar-refractivity contribution in [2.24, 2.45) is 0 Å². The summed E-state index contributed by atoms with van der Waals surface area (Å²) >= 11 is 0. The number of anilines is 1. The SMILES string of the molecule is CNC(=O)OC1CCN(c2cccc3c2C(=O)N(C2CCC(=O)NC2=O)C3=O)CC1. The molecule has 0 spiro atoms. The van der Waals surface area contributed by atoms with E-state index < -0.39 is 35.8 Å². The number of piperidine rings is 2. The molecule has 10 heteroatoms. The first kappa shape index (κ1) is 19.9. The number of alkyl carbamates (subject to hydrolysis) is 1. The monoisotopic (exact) mass is 414 g/mol. The summed E-state index contributed by atoms with van der Waals surface area (Å²) in [6.45, 7) is 1.11. The van der Waals surface area contributed by atoms with Gasteiger partial charge in [-0.1, -0.05) is 6.07 Å². The first-order valence-corrected chi connectivity index (χ1v) is 9.88. The number of fused-ring (bicyclic) bond motifs is 1. The van der Waals surface area contributed by atoms with Gasteiger partial charge in [0.15, 0.2) is 0 Å². The fourth-order valence-corrected chi connectivity index (χ4v) is 4.19. The van der Waals surface area contributed by atoms with Crippen molar-refractivity contribution in [1.82, 2.24) is 15.5 Å². The number of carbonyl (C=O) groups excluding carboxylic acids is 5. The first-order chi connectivity index (χ1) is 14.4. The molecule has 1 aromatic carbocycles. The van der Waals surface area contributed by atoms with Crippen molar-refractivity contribution < 1.29 is 28.7 Å². The summed E-state index contributed by atoms with van der Waals surface area (Å²) < 4.78 is 5.29. The Balaban J connectivity index is 1.55. The zero-order valence-electron chi connectivity index (χ0n) is 16.5. The van der Waals surface area contributed by atoms with Gasteiger partial charge in [0.05, 0.1) is 16.8 Å². The van der Waals surface area contributed by atoms with Crippen molar-refractivity contribution in [3.63, 3.8) is 0 Å². The third kappa shape index (κ3) is 3.38. The van der Waals surface area contributed by atoms with Gasteiger partial charge in [-0.05, 0) is 18.6 Å². The van der Waals surface area contributed by atoms with Crippen LogP contribution in [-0.2, 0) is 14.3 Å². The van der Waals surface area contributed by atoms with E-state index >= 15 is 0 Å². The lowest BCUT2D eigenvalue weighted by atomic mass is 10.0. The van der Waals surface area contributed by atoms with Crippen molar-refractivity contribution in [1.29, 1.82) is 0 Å². The fraction of sp³-hybridized carbons (Fsp3) is 0.450. The van der Waals surface area contributed by atoms with E-state index in [9.17, 15) is 24.0 Å². The van der Waals surface area contributed by atoms with E-state index in [-0.39, 0.29) is 30.1 Å². The van der Waals surface area contributed by atoms with Crippen LogP contribution in [0.5, 0.6) is 0 Å². The number of imide groups is 2. The van der Waals surface area contributed by atoms with Gasteiger partial charge in [-0.15, -0.1) is 0 Å². The molecule has 2 N–H and O–H groups in total. The first-order valence-electron chi connectivity index (χ1n) is 9.88. The van der Waals surface area contributed by atoms with Crippen LogP contribution in [0.15, 0.2) is 18.2 Å². The highest BCUT2D eigenvalue weighted by molar-refractivity contribution is 6.25. The Morgan fingerprint density at radius 1 is 1.10 bits per heavy atom. The summed E-state index contributed by atoms with van der Waals surface area (Å²) in [7, 11) is 1.50. The second-order valence-electron chi connectivity index (χ2n) is 7.49. The number of nitrogens with zero attached hydrogens (tertiary/aromatic N) is 2. The fourth-order valence-electron chi connectivity index (χ4n) is 4.19. The Kier molecular flexibility index (Phi) is 5.15. The van der Waals surface area contributed by atoms with Crippen LogP contribution in [-0.4, -0.2) is 66.9 Å². The molecule has 1 aromatic rings. The van der Waals surface area contributed by atoms with E-state index in [4.69, 9.17) is 4.74 Å². The predicted octanol–water partition coefficient (Wildman–Crippen LogP) is 0.413. The molecule has 10 nitrogen and oxygen atoms in total. The average Bonchev–Trinajstić information content (AvgIpc) is 2.99. The van der Waals surface area contributed by atoms with Crippen LogP contribution in [0.4, 0.5) is 10.5 Å². The van der Waals surface area contributed by atoms with E-state index in [0.29, 0.717) is 31.6 Å². The second kappa shape index (κ2) is 7.77. The van der Waals surface area contributed by atoms with Gasteiger partial charge in [0.25, 0.3) is 11.8 Å². The minimum absolute atomic E-state index is 0.0789. The summed E-state index contributed by atoms with van der Waals surface area (Å²) in [6, 6.07) is 4.07. The molecule has 3 aliphatic rings. The highest BCUT2D eigenvalue weighted by Gasteiger charge is 2.46. The molecule has 3 aliphatic heterocycles. The minimum atomic E-state index is -0.991. The molecule has 4 rings (SSSR count). The Labute approximate surface area is 172 Å². The Morgan fingerprint density at radius 2 is 1.83 bits per heavy atom. The molecule has 0 bridgehead atoms. The summed E-state index contributed by atoms with van der Waals surface area (Å²) in [6.07, 6.45) is 0.694. The molecule has 0 saturated carbocycles. The van der Waals surface area contributed by atoms with Crippen molar-refractivity contribution in [3.05, 3.63) is 29.3 Å². The topological polar surface area (TPSA) is 125 Å². The van der Waals surface area contributed by atoms with Crippen molar-refractivity contribution in [2.75, 3.05) is 25.0 Å². The lowest BCUT2D eigenvalue weighted by molar-refractivity contribution is -0.136. The molecule has 2 saturated heterocycles. The third-order valence-electron chi connectivity index (χ3n) is 5.71. The van der Waals surface area contributed by atoms with E-state index in [0.717, 1.165) is 4.90 Å². The summed E-state index contributed by atoms with van der Waals surface area (Å²) in [5, 5.41) is 4.62. The normalized spacial score (nSPS) is 22.1. The van der Waals surface area contributed by atoms with Crippen molar-refractivity contribution in [3.8, 4) is 0 Å². The minimum Gasteiger partial charge on any atom is -0.446 e. The Morgan fingerprint density at radius 3 is 2.50 bits per heavy atom. The van der Waals surface area contributed by atoms with Crippen LogP contribution in [0.2, 0.25) is 0 Å². The van der Waals surface area contributed by atoms with Gasteiger partial charge in [0.2, 0.25) is 11.8 Å². The summed E-state index contributed by atoms with van der Waals surface area (Å²) in [4.78, 5) is 64.1. The van der Waals surface area contributed by atoms with Crippen molar-refractivity contribution in [2.45, 2.75) is 37.8 Å². The Bertz CT molecular complexity index is 937. The summed E-state index contributed by atoms with van der Waals surface area (Å²) in [5.41, 5.74) is 1.16. The lowest BCUT2D eigenvalue weighted by Gasteiger charge is -2.34. The quantitative estimate of drug-likeness (QED) is 0.687. The highest BCUT2D eigenvalue weighted by Crippen LogP contribution is 2.35. The molecule has 30 heavy (non-hydrogen) atoms. The number of carbonyl (C=O) groups is 5. The molecule has 0 aromatic heterocycles. The van der Waals surface area contributed by atoms with Crippen molar-refractivity contribution >= 4 is 35.4 Å². The van der Waals surface area contributed by atoms with Gasteiger partial charge in [0, 0.05) is 39.4 Å².